The van der Waals surface area contributed by atoms with Crippen LogP contribution in [0.15, 0.2) is 0 Å². The second kappa shape index (κ2) is 3.72. The van der Waals surface area contributed by atoms with E-state index < -0.39 is 0 Å². The van der Waals surface area contributed by atoms with Gasteiger partial charge in [-0.1, -0.05) is 26.1 Å². The number of hydrogen-bond donors (Lipinski definition) is 0. The molecule has 9 heavy (non-hydrogen) atoms. The van der Waals surface area contributed by atoms with Crippen LogP contribution in [0.3, 0.4) is 0 Å². The van der Waals surface area contributed by atoms with Gasteiger partial charge in [-0.05, 0) is 12.8 Å². The fourth-order valence-corrected chi connectivity index (χ4v) is 0.653. The SMILES string of the molecule is CC(=O)CC(=S)C(C)C. The maximum absolute atomic E-state index is 10.5. The van der Waals surface area contributed by atoms with Gasteiger partial charge in [0.05, 0.1) is 0 Å². The zero-order chi connectivity index (χ0) is 7.44. The molecular weight excluding hydrogens is 132 g/mol. The molecule has 0 amide bonds. The number of Topliss-reactive ketones (excluding diaryl/α,β-unsaturated/α-hetero) is 1. The monoisotopic (exact) mass is 144 g/mol. The molecule has 0 aliphatic carbocycles. The average molecular weight is 144 g/mol. The lowest BCUT2D eigenvalue weighted by Crippen LogP contribution is -2.08. The number of carbonyl (C=O) groups excluding carboxylic acids is 1. The maximum Gasteiger partial charge on any atom is 0.134 e. The Morgan fingerprint density at radius 3 is 2.11 bits per heavy atom. The van der Waals surface area contributed by atoms with Gasteiger partial charge in [0, 0.05) is 11.3 Å². The quantitative estimate of drug-likeness (QED) is 0.563. The molecule has 0 bridgehead atoms. The summed E-state index contributed by atoms with van der Waals surface area (Å²) in [5.41, 5.74) is 0. The zero-order valence-electron chi connectivity index (χ0n) is 6.10. The molecular formula is C7H12OS. The zero-order valence-corrected chi connectivity index (χ0v) is 6.92. The van der Waals surface area contributed by atoms with Crippen molar-refractivity contribution in [3.63, 3.8) is 0 Å². The molecule has 0 aromatic rings. The molecule has 0 unspecified atom stereocenters. The summed E-state index contributed by atoms with van der Waals surface area (Å²) in [5.74, 6) is 0.526. The number of ketones is 1. The van der Waals surface area contributed by atoms with E-state index in [1.807, 2.05) is 13.8 Å². The highest BCUT2D eigenvalue weighted by atomic mass is 32.1. The van der Waals surface area contributed by atoms with E-state index in [4.69, 9.17) is 12.2 Å². The van der Waals surface area contributed by atoms with Crippen molar-refractivity contribution >= 4 is 22.9 Å². The van der Waals surface area contributed by atoms with Gasteiger partial charge < -0.3 is 0 Å². The van der Waals surface area contributed by atoms with Gasteiger partial charge in [-0.3, -0.25) is 4.79 Å². The van der Waals surface area contributed by atoms with E-state index in [1.165, 1.54) is 0 Å². The number of rotatable bonds is 3. The van der Waals surface area contributed by atoms with Gasteiger partial charge in [0.25, 0.3) is 0 Å². The average Bonchev–Trinajstić information content (AvgIpc) is 1.63. The van der Waals surface area contributed by atoms with Crippen LogP contribution in [0, 0.1) is 5.92 Å². The molecule has 0 atom stereocenters. The van der Waals surface area contributed by atoms with Crippen LogP contribution in [0.4, 0.5) is 0 Å². The third kappa shape index (κ3) is 4.28. The van der Waals surface area contributed by atoms with Crippen molar-refractivity contribution in [1.82, 2.24) is 0 Å². The topological polar surface area (TPSA) is 17.1 Å². The molecule has 52 valence electrons. The Balaban J connectivity index is 3.64. The maximum atomic E-state index is 10.5. The van der Waals surface area contributed by atoms with Crippen LogP contribution in [-0.2, 0) is 4.79 Å². The molecule has 0 saturated carbocycles. The Kier molecular flexibility index (Phi) is 3.62. The Hall–Kier alpha value is -0.240. The second-order valence-electron chi connectivity index (χ2n) is 2.50. The molecule has 0 N–H and O–H groups in total. The Bertz CT molecular complexity index is 127. The predicted molar refractivity (Wildman–Crippen MR) is 42.7 cm³/mol. The van der Waals surface area contributed by atoms with E-state index in [-0.39, 0.29) is 5.78 Å². The van der Waals surface area contributed by atoms with Gasteiger partial charge in [-0.15, -0.1) is 0 Å². The molecule has 1 nitrogen and oxygen atoms in total. The fraction of sp³-hybridized carbons (Fsp3) is 0.714. The second-order valence-corrected chi connectivity index (χ2v) is 3.02. The predicted octanol–water partition coefficient (Wildman–Crippen LogP) is 1.99. The first kappa shape index (κ1) is 8.76. The van der Waals surface area contributed by atoms with E-state index in [9.17, 15) is 4.79 Å². The number of carbonyl (C=O) groups is 1. The van der Waals surface area contributed by atoms with E-state index in [1.54, 1.807) is 6.92 Å². The minimum atomic E-state index is 0.161. The lowest BCUT2D eigenvalue weighted by Gasteiger charge is -2.02. The fourth-order valence-electron chi connectivity index (χ4n) is 0.449. The van der Waals surface area contributed by atoms with E-state index in [0.717, 1.165) is 4.86 Å². The summed E-state index contributed by atoms with van der Waals surface area (Å²) in [6.45, 7) is 5.57. The Labute approximate surface area is 61.4 Å². The summed E-state index contributed by atoms with van der Waals surface area (Å²) in [5, 5.41) is 0. The standard InChI is InChI=1S/C7H12OS/c1-5(2)7(9)4-6(3)8/h5H,4H2,1-3H3. The number of thiocarbonyl (C=S) groups is 1. The Morgan fingerprint density at radius 1 is 1.56 bits per heavy atom. The van der Waals surface area contributed by atoms with Crippen LogP contribution >= 0.6 is 12.2 Å². The highest BCUT2D eigenvalue weighted by molar-refractivity contribution is 7.80. The third-order valence-corrected chi connectivity index (χ3v) is 1.68. The normalized spacial score (nSPS) is 9.78. The van der Waals surface area contributed by atoms with E-state index in [2.05, 4.69) is 0 Å². The highest BCUT2D eigenvalue weighted by Crippen LogP contribution is 2.01. The van der Waals surface area contributed by atoms with Gasteiger partial charge in [-0.25, -0.2) is 0 Å². The Morgan fingerprint density at radius 2 is 2.00 bits per heavy atom. The van der Waals surface area contributed by atoms with Crippen molar-refractivity contribution in [2.45, 2.75) is 27.2 Å². The van der Waals surface area contributed by atoms with Crippen LogP contribution in [0.25, 0.3) is 0 Å². The number of hydrogen-bond acceptors (Lipinski definition) is 2. The first-order chi connectivity index (χ1) is 4.04. The van der Waals surface area contributed by atoms with Crippen molar-refractivity contribution in [3.05, 3.63) is 0 Å². The van der Waals surface area contributed by atoms with Crippen molar-refractivity contribution in [2.24, 2.45) is 5.92 Å². The van der Waals surface area contributed by atoms with Gasteiger partial charge in [-0.2, -0.15) is 0 Å². The lowest BCUT2D eigenvalue weighted by atomic mass is 10.1. The summed E-state index contributed by atoms with van der Waals surface area (Å²) in [6.07, 6.45) is 0.465. The molecule has 0 aliphatic heterocycles. The molecule has 0 fully saturated rings. The largest absolute Gasteiger partial charge is 0.300 e. The van der Waals surface area contributed by atoms with Crippen molar-refractivity contribution in [1.29, 1.82) is 0 Å². The molecule has 0 heterocycles. The van der Waals surface area contributed by atoms with Crippen molar-refractivity contribution in [2.75, 3.05) is 0 Å². The molecule has 0 aromatic carbocycles. The van der Waals surface area contributed by atoms with Gasteiger partial charge in [0.15, 0.2) is 0 Å². The molecule has 0 saturated heterocycles. The third-order valence-electron chi connectivity index (χ3n) is 1.07. The van der Waals surface area contributed by atoms with Crippen LogP contribution in [0.2, 0.25) is 0 Å². The summed E-state index contributed by atoms with van der Waals surface area (Å²) in [4.78, 5) is 11.3. The first-order valence-electron chi connectivity index (χ1n) is 3.06. The van der Waals surface area contributed by atoms with E-state index >= 15 is 0 Å². The summed E-state index contributed by atoms with van der Waals surface area (Å²) >= 11 is 4.93. The van der Waals surface area contributed by atoms with Crippen molar-refractivity contribution in [3.8, 4) is 0 Å². The molecule has 0 rings (SSSR count). The van der Waals surface area contributed by atoms with Gasteiger partial charge >= 0.3 is 0 Å². The summed E-state index contributed by atoms with van der Waals surface area (Å²) in [7, 11) is 0. The first-order valence-corrected chi connectivity index (χ1v) is 3.47. The van der Waals surface area contributed by atoms with Crippen LogP contribution in [-0.4, -0.2) is 10.6 Å². The minimum Gasteiger partial charge on any atom is -0.300 e. The van der Waals surface area contributed by atoms with Crippen LogP contribution in [0.5, 0.6) is 0 Å². The van der Waals surface area contributed by atoms with Crippen LogP contribution in [0.1, 0.15) is 27.2 Å². The van der Waals surface area contributed by atoms with Gasteiger partial charge in [0.1, 0.15) is 5.78 Å². The minimum absolute atomic E-state index is 0.161. The highest BCUT2D eigenvalue weighted by Gasteiger charge is 2.03. The smallest absolute Gasteiger partial charge is 0.134 e. The molecule has 0 aromatic heterocycles. The lowest BCUT2D eigenvalue weighted by molar-refractivity contribution is -0.115. The summed E-state index contributed by atoms with van der Waals surface area (Å²) in [6, 6.07) is 0. The van der Waals surface area contributed by atoms with E-state index in [0.29, 0.717) is 12.3 Å². The molecule has 2 heteroatoms. The molecule has 0 radical (unpaired) electrons. The molecule has 0 spiro atoms. The van der Waals surface area contributed by atoms with Crippen LogP contribution < -0.4 is 0 Å². The van der Waals surface area contributed by atoms with Crippen molar-refractivity contribution < 1.29 is 4.79 Å². The molecule has 0 aliphatic rings. The summed E-state index contributed by atoms with van der Waals surface area (Å²) < 4.78 is 0. The van der Waals surface area contributed by atoms with Gasteiger partial charge in [0.2, 0.25) is 0 Å².